The second-order valence-corrected chi connectivity index (χ2v) is 6.41. The topological polar surface area (TPSA) is 45.4 Å². The van der Waals surface area contributed by atoms with Gasteiger partial charge in [0.15, 0.2) is 0 Å². The monoisotopic (exact) mass is 290 g/mol. The largest absolute Gasteiger partial charge is 0.389 e. The smallest absolute Gasteiger partial charge is 0.139 e. The lowest BCUT2D eigenvalue weighted by Gasteiger charge is -2.28. The van der Waals surface area contributed by atoms with Gasteiger partial charge in [-0.15, -0.1) is 0 Å². The van der Waals surface area contributed by atoms with Crippen molar-refractivity contribution >= 4 is 23.0 Å². The van der Waals surface area contributed by atoms with Gasteiger partial charge in [-0.25, -0.2) is 4.98 Å². The Morgan fingerprint density at radius 2 is 2.05 bits per heavy atom. The number of nitrogens with zero attached hydrogens (tertiary/aromatic N) is 3. The first-order chi connectivity index (χ1) is 9.56. The number of nitrogens with two attached hydrogens (primary N) is 1. The molecule has 0 spiro atoms. The molecule has 2 aliphatic rings. The summed E-state index contributed by atoms with van der Waals surface area (Å²) < 4.78 is 0. The van der Waals surface area contributed by atoms with Gasteiger partial charge < -0.3 is 10.6 Å². The molecule has 2 saturated heterocycles. The van der Waals surface area contributed by atoms with Crippen LogP contribution < -0.4 is 10.6 Å². The zero-order chi connectivity index (χ0) is 14.3. The molecule has 2 fully saturated rings. The van der Waals surface area contributed by atoms with E-state index in [-0.39, 0.29) is 0 Å². The minimum atomic E-state index is 0.440. The van der Waals surface area contributed by atoms with Gasteiger partial charge in [0.05, 0.1) is 5.56 Å². The minimum absolute atomic E-state index is 0.440. The van der Waals surface area contributed by atoms with Gasteiger partial charge in [0.25, 0.3) is 0 Å². The lowest BCUT2D eigenvalue weighted by Crippen LogP contribution is -2.37. The molecule has 0 saturated carbocycles. The number of fused-ring (bicyclic) bond motifs is 2. The third kappa shape index (κ3) is 2.40. The van der Waals surface area contributed by atoms with Gasteiger partial charge >= 0.3 is 0 Å². The van der Waals surface area contributed by atoms with Crippen molar-refractivity contribution in [2.24, 2.45) is 5.73 Å². The van der Waals surface area contributed by atoms with E-state index in [1.807, 2.05) is 19.1 Å². The summed E-state index contributed by atoms with van der Waals surface area (Å²) in [5.74, 6) is 0.971. The highest BCUT2D eigenvalue weighted by Gasteiger charge is 2.35. The van der Waals surface area contributed by atoms with Gasteiger partial charge in [-0.1, -0.05) is 12.2 Å². The molecule has 4 nitrogen and oxygen atoms in total. The predicted molar refractivity (Wildman–Crippen MR) is 86.3 cm³/mol. The minimum Gasteiger partial charge on any atom is -0.389 e. The highest BCUT2D eigenvalue weighted by atomic mass is 32.1. The average molecular weight is 290 g/mol. The van der Waals surface area contributed by atoms with E-state index < -0.39 is 0 Å². The van der Waals surface area contributed by atoms with Gasteiger partial charge in [-0.05, 0) is 45.4 Å². The standard InChI is InChI=1S/C15H22N4S/c1-10-3-6-13(14(16)20)15(17-10)19-8-7-11-4-5-12(9-19)18(11)2/h3,6,11-12H,4-5,7-9H2,1-2H3,(H2,16,20). The van der Waals surface area contributed by atoms with Crippen molar-refractivity contribution in [2.45, 2.75) is 38.3 Å². The van der Waals surface area contributed by atoms with E-state index >= 15 is 0 Å². The van der Waals surface area contributed by atoms with Crippen LogP contribution in [0.5, 0.6) is 0 Å². The summed E-state index contributed by atoms with van der Waals surface area (Å²) in [7, 11) is 2.25. The summed E-state index contributed by atoms with van der Waals surface area (Å²) in [6, 6.07) is 5.34. The Labute approximate surface area is 126 Å². The summed E-state index contributed by atoms with van der Waals surface area (Å²) in [6.45, 7) is 4.08. The molecule has 3 rings (SSSR count). The quantitative estimate of drug-likeness (QED) is 0.840. The number of rotatable bonds is 2. The second kappa shape index (κ2) is 5.30. The van der Waals surface area contributed by atoms with E-state index in [0.717, 1.165) is 36.2 Å². The third-order valence-electron chi connectivity index (χ3n) is 4.73. The molecule has 2 unspecified atom stereocenters. The first kappa shape index (κ1) is 13.8. The Morgan fingerprint density at radius 1 is 1.30 bits per heavy atom. The molecule has 1 aromatic heterocycles. The highest BCUT2D eigenvalue weighted by molar-refractivity contribution is 7.80. The number of anilines is 1. The number of hydrogen-bond acceptors (Lipinski definition) is 4. The van der Waals surface area contributed by atoms with Crippen LogP contribution in [0, 0.1) is 6.92 Å². The molecular weight excluding hydrogens is 268 g/mol. The number of aryl methyl sites for hydroxylation is 1. The third-order valence-corrected chi connectivity index (χ3v) is 4.95. The van der Waals surface area contributed by atoms with Crippen LogP contribution in [-0.2, 0) is 0 Å². The Bertz CT molecular complexity index is 531. The van der Waals surface area contributed by atoms with E-state index in [2.05, 4.69) is 16.8 Å². The first-order valence-electron chi connectivity index (χ1n) is 7.30. The maximum atomic E-state index is 5.87. The SMILES string of the molecule is Cc1ccc(C(N)=S)c(N2CCC3CCC(C2)N3C)n1. The van der Waals surface area contributed by atoms with Gasteiger partial charge in [-0.3, -0.25) is 4.90 Å². The zero-order valence-corrected chi connectivity index (χ0v) is 13.0. The lowest BCUT2D eigenvalue weighted by molar-refractivity contribution is 0.254. The fourth-order valence-corrected chi connectivity index (χ4v) is 3.64. The molecule has 1 aromatic rings. The van der Waals surface area contributed by atoms with Crippen LogP contribution in [-0.4, -0.2) is 47.1 Å². The lowest BCUT2D eigenvalue weighted by atomic mass is 10.1. The Morgan fingerprint density at radius 3 is 2.80 bits per heavy atom. The molecule has 0 aromatic carbocycles. The van der Waals surface area contributed by atoms with Crippen LogP contribution in [0.25, 0.3) is 0 Å². The molecular formula is C15H22N4S. The molecule has 3 heterocycles. The number of pyridine rings is 1. The van der Waals surface area contributed by atoms with Gasteiger partial charge in [0.2, 0.25) is 0 Å². The number of aromatic nitrogens is 1. The van der Waals surface area contributed by atoms with E-state index in [0.29, 0.717) is 11.0 Å². The van der Waals surface area contributed by atoms with E-state index in [9.17, 15) is 0 Å². The summed E-state index contributed by atoms with van der Waals surface area (Å²) in [5, 5.41) is 0. The first-order valence-corrected chi connectivity index (χ1v) is 7.71. The highest BCUT2D eigenvalue weighted by Crippen LogP contribution is 2.31. The number of likely N-dealkylation sites (N-methyl/N-ethyl adjacent to an activating group) is 1. The molecule has 2 atom stereocenters. The molecule has 0 amide bonds. The normalized spacial score (nSPS) is 26.6. The van der Waals surface area contributed by atoms with Gasteiger partial charge in [0.1, 0.15) is 10.8 Å². The van der Waals surface area contributed by atoms with Gasteiger partial charge in [-0.2, -0.15) is 0 Å². The molecule has 2 aliphatic heterocycles. The fourth-order valence-electron chi connectivity index (χ4n) is 3.48. The van der Waals surface area contributed by atoms with Crippen molar-refractivity contribution in [2.75, 3.05) is 25.0 Å². The molecule has 20 heavy (non-hydrogen) atoms. The maximum Gasteiger partial charge on any atom is 0.139 e. The Balaban J connectivity index is 1.93. The zero-order valence-electron chi connectivity index (χ0n) is 12.2. The summed E-state index contributed by atoms with van der Waals surface area (Å²) in [6.07, 6.45) is 3.81. The molecule has 2 N–H and O–H groups in total. The average Bonchev–Trinajstić information content (AvgIpc) is 2.62. The van der Waals surface area contributed by atoms with Crippen molar-refractivity contribution < 1.29 is 0 Å². The van der Waals surface area contributed by atoms with Crippen LogP contribution in [0.15, 0.2) is 12.1 Å². The molecule has 0 aliphatic carbocycles. The van der Waals surface area contributed by atoms with Gasteiger partial charge in [0, 0.05) is 30.9 Å². The Hall–Kier alpha value is -1.20. The van der Waals surface area contributed by atoms with Crippen molar-refractivity contribution in [1.82, 2.24) is 9.88 Å². The van der Waals surface area contributed by atoms with E-state index in [4.69, 9.17) is 22.9 Å². The maximum absolute atomic E-state index is 5.87. The fraction of sp³-hybridized carbons (Fsp3) is 0.600. The van der Waals surface area contributed by atoms with E-state index in [1.165, 1.54) is 19.3 Å². The number of hydrogen-bond donors (Lipinski definition) is 1. The van der Waals surface area contributed by atoms with Crippen LogP contribution in [0.2, 0.25) is 0 Å². The van der Waals surface area contributed by atoms with Crippen LogP contribution in [0.1, 0.15) is 30.5 Å². The molecule has 5 heteroatoms. The number of thiocarbonyl (C=S) groups is 1. The van der Waals surface area contributed by atoms with Crippen molar-refractivity contribution in [3.8, 4) is 0 Å². The van der Waals surface area contributed by atoms with E-state index in [1.54, 1.807) is 0 Å². The van der Waals surface area contributed by atoms with Crippen LogP contribution in [0.3, 0.4) is 0 Å². The summed E-state index contributed by atoms with van der Waals surface area (Å²) >= 11 is 5.19. The predicted octanol–water partition coefficient (Wildman–Crippen LogP) is 1.70. The summed E-state index contributed by atoms with van der Waals surface area (Å²) in [5.41, 5.74) is 7.79. The molecule has 2 bridgehead atoms. The van der Waals surface area contributed by atoms with Crippen molar-refractivity contribution in [3.05, 3.63) is 23.4 Å². The van der Waals surface area contributed by atoms with Crippen LogP contribution in [0.4, 0.5) is 5.82 Å². The molecule has 108 valence electrons. The summed E-state index contributed by atoms with van der Waals surface area (Å²) in [4.78, 5) is 10.1. The molecule has 0 radical (unpaired) electrons. The second-order valence-electron chi connectivity index (χ2n) is 5.97. The van der Waals surface area contributed by atoms with Crippen molar-refractivity contribution in [3.63, 3.8) is 0 Å². The Kier molecular flexibility index (Phi) is 3.65. The van der Waals surface area contributed by atoms with Crippen molar-refractivity contribution in [1.29, 1.82) is 0 Å². The van der Waals surface area contributed by atoms with Crippen LogP contribution >= 0.6 is 12.2 Å².